The summed E-state index contributed by atoms with van der Waals surface area (Å²) in [6, 6.07) is 9.99. The Bertz CT molecular complexity index is 676. The van der Waals surface area contributed by atoms with Crippen LogP contribution >= 0.6 is 11.8 Å². The predicted octanol–water partition coefficient (Wildman–Crippen LogP) is 3.91. The number of carbonyl (C=O) groups excluding carboxylic acids is 1. The number of thioether (sulfide) groups is 1. The van der Waals surface area contributed by atoms with Crippen LogP contribution in [0.4, 0.5) is 0 Å². The number of aromatic nitrogens is 3. The van der Waals surface area contributed by atoms with Crippen LogP contribution in [0.1, 0.15) is 40.0 Å². The van der Waals surface area contributed by atoms with E-state index in [1.165, 1.54) is 0 Å². The van der Waals surface area contributed by atoms with E-state index in [1.54, 1.807) is 11.8 Å². The molecule has 2 rings (SSSR count). The van der Waals surface area contributed by atoms with Crippen LogP contribution in [0.15, 0.2) is 35.5 Å². The molecular formula is C19H28N4OS. The molecule has 2 aromatic rings. The average molecular weight is 361 g/mol. The summed E-state index contributed by atoms with van der Waals surface area (Å²) < 4.78 is 1.97. The first-order valence-electron chi connectivity index (χ1n) is 8.71. The number of nitrogens with zero attached hydrogens (tertiary/aromatic N) is 3. The Hall–Kier alpha value is -1.82. The molecule has 0 aliphatic heterocycles. The summed E-state index contributed by atoms with van der Waals surface area (Å²) in [4.78, 5) is 11.9. The van der Waals surface area contributed by atoms with Gasteiger partial charge < -0.3 is 9.88 Å². The van der Waals surface area contributed by atoms with Gasteiger partial charge in [-0.05, 0) is 18.3 Å². The van der Waals surface area contributed by atoms with Crippen molar-refractivity contribution >= 4 is 17.7 Å². The van der Waals surface area contributed by atoms with Gasteiger partial charge in [-0.2, -0.15) is 0 Å². The molecule has 0 saturated carbocycles. The van der Waals surface area contributed by atoms with E-state index < -0.39 is 0 Å². The third-order valence-electron chi connectivity index (χ3n) is 3.85. The van der Waals surface area contributed by atoms with Crippen LogP contribution in [0.5, 0.6) is 0 Å². The van der Waals surface area contributed by atoms with Gasteiger partial charge in [0.25, 0.3) is 0 Å². The van der Waals surface area contributed by atoms with Gasteiger partial charge in [-0.1, -0.05) is 62.9 Å². The summed E-state index contributed by atoms with van der Waals surface area (Å²) in [5.41, 5.74) is 1.36. The van der Waals surface area contributed by atoms with Crippen molar-refractivity contribution in [2.75, 3.05) is 12.3 Å². The number of rotatable bonds is 8. The molecule has 0 bridgehead atoms. The molecule has 1 heterocycles. The fourth-order valence-electron chi connectivity index (χ4n) is 2.45. The lowest BCUT2D eigenvalue weighted by molar-refractivity contribution is -0.120. The van der Waals surface area contributed by atoms with Crippen LogP contribution in [0.2, 0.25) is 0 Å². The molecule has 1 amide bonds. The first kappa shape index (κ1) is 19.5. The Morgan fingerprint density at radius 1 is 1.20 bits per heavy atom. The molecule has 0 aliphatic rings. The first-order chi connectivity index (χ1) is 11.9. The van der Waals surface area contributed by atoms with Crippen molar-refractivity contribution in [2.24, 2.45) is 12.5 Å². The minimum atomic E-state index is 0.104. The van der Waals surface area contributed by atoms with E-state index in [4.69, 9.17) is 0 Å². The summed E-state index contributed by atoms with van der Waals surface area (Å²) in [6.45, 7) is 7.41. The van der Waals surface area contributed by atoms with Crippen LogP contribution in [0.3, 0.4) is 0 Å². The third kappa shape index (κ3) is 6.53. The van der Waals surface area contributed by atoms with E-state index in [9.17, 15) is 4.79 Å². The van der Waals surface area contributed by atoms with E-state index in [0.717, 1.165) is 35.9 Å². The number of carbonyl (C=O) groups is 1. The Morgan fingerprint density at radius 3 is 2.60 bits per heavy atom. The lowest BCUT2D eigenvalue weighted by atomic mass is 9.91. The van der Waals surface area contributed by atoms with E-state index in [-0.39, 0.29) is 5.91 Å². The molecule has 0 aliphatic carbocycles. The van der Waals surface area contributed by atoms with Gasteiger partial charge >= 0.3 is 0 Å². The normalized spacial score (nSPS) is 11.5. The molecule has 5 nitrogen and oxygen atoms in total. The molecule has 1 aromatic heterocycles. The molecule has 25 heavy (non-hydrogen) atoms. The van der Waals surface area contributed by atoms with Crippen molar-refractivity contribution < 1.29 is 4.79 Å². The Morgan fingerprint density at radius 2 is 1.92 bits per heavy atom. The lowest BCUT2D eigenvalue weighted by Crippen LogP contribution is -2.25. The highest BCUT2D eigenvalue weighted by Crippen LogP contribution is 2.23. The third-order valence-corrected chi connectivity index (χ3v) is 4.87. The molecule has 0 atom stereocenters. The first-order valence-corrected chi connectivity index (χ1v) is 9.70. The van der Waals surface area contributed by atoms with E-state index in [1.807, 2.05) is 41.9 Å². The van der Waals surface area contributed by atoms with E-state index >= 15 is 0 Å². The van der Waals surface area contributed by atoms with Crippen LogP contribution < -0.4 is 5.32 Å². The molecule has 0 fully saturated rings. The van der Waals surface area contributed by atoms with Crippen molar-refractivity contribution in [3.05, 3.63) is 30.3 Å². The smallest absolute Gasteiger partial charge is 0.220 e. The Balaban J connectivity index is 1.73. The molecule has 1 aromatic carbocycles. The average Bonchev–Trinajstić information content (AvgIpc) is 2.93. The quantitative estimate of drug-likeness (QED) is 0.573. The van der Waals surface area contributed by atoms with Crippen molar-refractivity contribution in [3.8, 4) is 11.4 Å². The number of hydrogen-bond acceptors (Lipinski definition) is 4. The fourth-order valence-corrected chi connectivity index (χ4v) is 3.30. The summed E-state index contributed by atoms with van der Waals surface area (Å²) in [5, 5.41) is 12.3. The maximum absolute atomic E-state index is 11.9. The van der Waals surface area contributed by atoms with Gasteiger partial charge in [-0.25, -0.2) is 0 Å². The molecule has 0 saturated heterocycles. The van der Waals surface area contributed by atoms with E-state index in [2.05, 4.69) is 36.3 Å². The molecule has 1 N–H and O–H groups in total. The molecule has 136 valence electrons. The summed E-state index contributed by atoms with van der Waals surface area (Å²) in [7, 11) is 1.96. The molecule has 0 radical (unpaired) electrons. The van der Waals surface area contributed by atoms with Gasteiger partial charge in [0.15, 0.2) is 11.0 Å². The minimum absolute atomic E-state index is 0.104. The van der Waals surface area contributed by atoms with Crippen LogP contribution in [-0.4, -0.2) is 33.0 Å². The molecule has 0 unspecified atom stereocenters. The van der Waals surface area contributed by atoms with Crippen molar-refractivity contribution in [2.45, 2.75) is 45.2 Å². The number of amides is 1. The Kier molecular flexibility index (Phi) is 7.05. The van der Waals surface area contributed by atoms with Gasteiger partial charge in [-0.15, -0.1) is 10.2 Å². The SMILES string of the molecule is Cn1c(SCCC(=O)NCCCC(C)(C)C)nnc1-c1ccccc1. The largest absolute Gasteiger partial charge is 0.356 e. The van der Waals surface area contributed by atoms with Gasteiger partial charge in [0.1, 0.15) is 0 Å². The van der Waals surface area contributed by atoms with E-state index in [0.29, 0.717) is 17.6 Å². The van der Waals surface area contributed by atoms with Gasteiger partial charge in [0.2, 0.25) is 5.91 Å². The van der Waals surface area contributed by atoms with Crippen LogP contribution in [0, 0.1) is 5.41 Å². The zero-order valence-electron chi connectivity index (χ0n) is 15.6. The van der Waals surface area contributed by atoms with Gasteiger partial charge in [0.05, 0.1) is 0 Å². The highest BCUT2D eigenvalue weighted by molar-refractivity contribution is 7.99. The molecular weight excluding hydrogens is 332 g/mol. The monoisotopic (exact) mass is 360 g/mol. The maximum atomic E-state index is 11.9. The van der Waals surface area contributed by atoms with Crippen molar-refractivity contribution in [3.63, 3.8) is 0 Å². The second kappa shape index (κ2) is 9.04. The molecule has 6 heteroatoms. The summed E-state index contributed by atoms with van der Waals surface area (Å²) in [6.07, 6.45) is 2.63. The number of nitrogens with one attached hydrogen (secondary N) is 1. The van der Waals surface area contributed by atoms with Crippen molar-refractivity contribution in [1.82, 2.24) is 20.1 Å². The van der Waals surface area contributed by atoms with Gasteiger partial charge in [0, 0.05) is 31.3 Å². The molecule has 0 spiro atoms. The predicted molar refractivity (Wildman–Crippen MR) is 103 cm³/mol. The fraction of sp³-hybridized carbons (Fsp3) is 0.526. The zero-order valence-corrected chi connectivity index (χ0v) is 16.4. The number of hydrogen-bond donors (Lipinski definition) is 1. The topological polar surface area (TPSA) is 59.8 Å². The Labute approximate surface area is 154 Å². The van der Waals surface area contributed by atoms with Gasteiger partial charge in [-0.3, -0.25) is 4.79 Å². The van der Waals surface area contributed by atoms with Crippen molar-refractivity contribution in [1.29, 1.82) is 0 Å². The highest BCUT2D eigenvalue weighted by atomic mass is 32.2. The maximum Gasteiger partial charge on any atom is 0.220 e. The second-order valence-corrected chi connectivity index (χ2v) is 8.41. The second-order valence-electron chi connectivity index (χ2n) is 7.34. The number of benzene rings is 1. The lowest BCUT2D eigenvalue weighted by Gasteiger charge is -2.17. The summed E-state index contributed by atoms with van der Waals surface area (Å²) >= 11 is 1.56. The summed E-state index contributed by atoms with van der Waals surface area (Å²) in [5.74, 6) is 1.65. The van der Waals surface area contributed by atoms with Crippen LogP contribution in [-0.2, 0) is 11.8 Å². The minimum Gasteiger partial charge on any atom is -0.356 e. The standard InChI is InChI=1S/C19H28N4OS/c1-19(2,3)12-8-13-20-16(24)11-14-25-18-22-21-17(23(18)4)15-9-6-5-7-10-15/h5-7,9-10H,8,11-14H2,1-4H3,(H,20,24). The highest BCUT2D eigenvalue weighted by Gasteiger charge is 2.12. The van der Waals surface area contributed by atoms with Crippen LogP contribution in [0.25, 0.3) is 11.4 Å². The zero-order chi connectivity index (χ0) is 18.3.